The summed E-state index contributed by atoms with van der Waals surface area (Å²) >= 11 is 0. The number of imidazole rings is 1. The number of nitrogens with one attached hydrogen (secondary N) is 1. The summed E-state index contributed by atoms with van der Waals surface area (Å²) < 4.78 is 7.53. The van der Waals surface area contributed by atoms with Crippen LogP contribution in [0.5, 0.6) is 5.75 Å². The molecule has 3 rings (SSSR count). The monoisotopic (exact) mass is 337 g/mol. The fourth-order valence-corrected chi connectivity index (χ4v) is 2.34. The van der Waals surface area contributed by atoms with Crippen LogP contribution in [0.4, 0.5) is 0 Å². The number of nitrogens with zero attached hydrogens (tertiary/aromatic N) is 4. The number of carbonyl (C=O) groups is 1. The number of aromatic nitrogens is 4. The molecule has 1 amide bonds. The lowest BCUT2D eigenvalue weighted by Gasteiger charge is -2.15. The van der Waals surface area contributed by atoms with Gasteiger partial charge in [-0.2, -0.15) is 0 Å². The summed E-state index contributed by atoms with van der Waals surface area (Å²) in [5.41, 5.74) is 0.694. The Labute approximate surface area is 145 Å². The third-order valence-corrected chi connectivity index (χ3v) is 3.58. The highest BCUT2D eigenvalue weighted by atomic mass is 16.5. The van der Waals surface area contributed by atoms with Crippen molar-refractivity contribution >= 4 is 5.91 Å². The Morgan fingerprint density at radius 1 is 1.20 bits per heavy atom. The molecule has 0 aliphatic carbocycles. The molecule has 1 unspecified atom stereocenters. The van der Waals surface area contributed by atoms with Gasteiger partial charge in [0.2, 0.25) is 0 Å². The van der Waals surface area contributed by atoms with Crippen LogP contribution in [0.2, 0.25) is 0 Å². The van der Waals surface area contributed by atoms with Crippen LogP contribution in [-0.4, -0.2) is 38.1 Å². The Balaban J connectivity index is 1.52. The van der Waals surface area contributed by atoms with Gasteiger partial charge in [0, 0.05) is 37.9 Å². The molecule has 128 valence electrons. The van der Waals surface area contributed by atoms with Crippen molar-refractivity contribution in [2.45, 2.75) is 19.6 Å². The van der Waals surface area contributed by atoms with E-state index in [2.05, 4.69) is 20.3 Å². The fraction of sp³-hybridized carbons (Fsp3) is 0.222. The van der Waals surface area contributed by atoms with Crippen LogP contribution in [0.25, 0.3) is 11.5 Å². The number of benzene rings is 1. The van der Waals surface area contributed by atoms with Gasteiger partial charge < -0.3 is 14.6 Å². The average Bonchev–Trinajstić information content (AvgIpc) is 3.11. The van der Waals surface area contributed by atoms with Crippen molar-refractivity contribution in [3.8, 4) is 17.3 Å². The Bertz CT molecular complexity index is 805. The Hall–Kier alpha value is -3.22. The van der Waals surface area contributed by atoms with Crippen molar-refractivity contribution in [3.05, 3.63) is 61.3 Å². The highest BCUT2D eigenvalue weighted by molar-refractivity contribution is 5.80. The second kappa shape index (κ2) is 8.05. The second-order valence-electron chi connectivity index (χ2n) is 5.40. The molecule has 25 heavy (non-hydrogen) atoms. The van der Waals surface area contributed by atoms with Gasteiger partial charge in [-0.05, 0) is 19.1 Å². The van der Waals surface area contributed by atoms with Crippen LogP contribution in [0.1, 0.15) is 6.92 Å². The molecule has 0 spiro atoms. The molecule has 2 aromatic heterocycles. The molecule has 1 aromatic carbocycles. The lowest BCUT2D eigenvalue weighted by Crippen LogP contribution is -2.37. The minimum atomic E-state index is -0.565. The first-order valence-corrected chi connectivity index (χ1v) is 8.01. The van der Waals surface area contributed by atoms with E-state index in [-0.39, 0.29) is 5.91 Å². The van der Waals surface area contributed by atoms with Gasteiger partial charge in [-0.1, -0.05) is 18.2 Å². The Kier molecular flexibility index (Phi) is 5.36. The van der Waals surface area contributed by atoms with Crippen molar-refractivity contribution in [1.82, 2.24) is 24.8 Å². The first-order valence-electron chi connectivity index (χ1n) is 8.01. The lowest BCUT2D eigenvalue weighted by molar-refractivity contribution is -0.127. The van der Waals surface area contributed by atoms with Gasteiger partial charge in [0.05, 0.1) is 6.20 Å². The number of rotatable bonds is 7. The lowest BCUT2D eigenvalue weighted by atomic mass is 10.3. The minimum Gasteiger partial charge on any atom is -0.481 e. The zero-order chi connectivity index (χ0) is 17.5. The number of carbonyl (C=O) groups excluding carboxylic acids is 1. The Morgan fingerprint density at radius 2 is 2.04 bits per heavy atom. The maximum absolute atomic E-state index is 12.1. The summed E-state index contributed by atoms with van der Waals surface area (Å²) in [5, 5.41) is 2.87. The van der Waals surface area contributed by atoms with E-state index in [0.29, 0.717) is 24.5 Å². The molecule has 7 heteroatoms. The Morgan fingerprint density at radius 3 is 2.80 bits per heavy atom. The highest BCUT2D eigenvalue weighted by Crippen LogP contribution is 2.13. The van der Waals surface area contributed by atoms with Crippen LogP contribution in [-0.2, 0) is 11.3 Å². The van der Waals surface area contributed by atoms with Gasteiger partial charge in [-0.15, -0.1) is 0 Å². The van der Waals surface area contributed by atoms with Crippen LogP contribution in [0, 0.1) is 0 Å². The normalized spacial score (nSPS) is 11.7. The molecular formula is C18H19N5O2. The molecule has 0 saturated carbocycles. The molecule has 0 saturated heterocycles. The molecule has 2 heterocycles. The highest BCUT2D eigenvalue weighted by Gasteiger charge is 2.14. The number of hydrogen-bond acceptors (Lipinski definition) is 5. The summed E-state index contributed by atoms with van der Waals surface area (Å²) in [6.45, 7) is 2.77. The molecule has 7 nitrogen and oxygen atoms in total. The van der Waals surface area contributed by atoms with Gasteiger partial charge in [0.15, 0.2) is 11.9 Å². The van der Waals surface area contributed by atoms with E-state index in [9.17, 15) is 4.79 Å². The second-order valence-corrected chi connectivity index (χ2v) is 5.40. The average molecular weight is 337 g/mol. The summed E-state index contributed by atoms with van der Waals surface area (Å²) in [4.78, 5) is 24.7. The SMILES string of the molecule is CC(Oc1ccccc1)C(=O)NCCn1ccnc1-c1cnccn1. The van der Waals surface area contributed by atoms with Crippen molar-refractivity contribution in [2.75, 3.05) is 6.54 Å². The van der Waals surface area contributed by atoms with Crippen LogP contribution in [0.3, 0.4) is 0 Å². The van der Waals surface area contributed by atoms with E-state index in [0.717, 1.165) is 5.82 Å². The van der Waals surface area contributed by atoms with Crippen LogP contribution < -0.4 is 10.1 Å². The smallest absolute Gasteiger partial charge is 0.260 e. The van der Waals surface area contributed by atoms with Gasteiger partial charge in [0.1, 0.15) is 11.4 Å². The maximum Gasteiger partial charge on any atom is 0.260 e. The predicted octanol–water partition coefficient (Wildman–Crippen LogP) is 1.92. The minimum absolute atomic E-state index is 0.162. The standard InChI is InChI=1S/C18H19N5O2/c1-14(25-15-5-3-2-4-6-15)18(24)22-10-12-23-11-9-21-17(23)16-13-19-7-8-20-16/h2-9,11,13-14H,10,12H2,1H3,(H,22,24). The summed E-state index contributed by atoms with van der Waals surface area (Å²) in [6.07, 6.45) is 7.88. The quantitative estimate of drug-likeness (QED) is 0.712. The van der Waals surface area contributed by atoms with Gasteiger partial charge in [-0.3, -0.25) is 9.78 Å². The number of amides is 1. The zero-order valence-corrected chi connectivity index (χ0v) is 13.9. The summed E-state index contributed by atoms with van der Waals surface area (Å²) in [5.74, 6) is 1.23. The van der Waals surface area contributed by atoms with Gasteiger partial charge in [-0.25, -0.2) is 9.97 Å². The van der Waals surface area contributed by atoms with E-state index in [1.165, 1.54) is 0 Å². The van der Waals surface area contributed by atoms with Crippen LogP contribution in [0.15, 0.2) is 61.3 Å². The number of hydrogen-bond donors (Lipinski definition) is 1. The first-order chi connectivity index (χ1) is 12.2. The molecular weight excluding hydrogens is 318 g/mol. The molecule has 0 aliphatic heterocycles. The molecule has 1 atom stereocenters. The van der Waals surface area contributed by atoms with Crippen molar-refractivity contribution in [3.63, 3.8) is 0 Å². The van der Waals surface area contributed by atoms with Crippen molar-refractivity contribution < 1.29 is 9.53 Å². The molecule has 0 fully saturated rings. The molecule has 3 aromatic rings. The van der Waals surface area contributed by atoms with E-state index < -0.39 is 6.10 Å². The van der Waals surface area contributed by atoms with Gasteiger partial charge >= 0.3 is 0 Å². The molecule has 1 N–H and O–H groups in total. The topological polar surface area (TPSA) is 81.9 Å². The largest absolute Gasteiger partial charge is 0.481 e. The fourth-order valence-electron chi connectivity index (χ4n) is 2.34. The van der Waals surface area contributed by atoms with Crippen LogP contribution >= 0.6 is 0 Å². The van der Waals surface area contributed by atoms with Crippen molar-refractivity contribution in [2.24, 2.45) is 0 Å². The molecule has 0 radical (unpaired) electrons. The molecule has 0 aliphatic rings. The third kappa shape index (κ3) is 4.41. The van der Waals surface area contributed by atoms with E-state index in [4.69, 9.17) is 4.74 Å². The third-order valence-electron chi connectivity index (χ3n) is 3.58. The number of para-hydroxylation sites is 1. The summed E-state index contributed by atoms with van der Waals surface area (Å²) in [7, 11) is 0. The van der Waals surface area contributed by atoms with E-state index in [1.807, 2.05) is 41.1 Å². The molecule has 0 bridgehead atoms. The zero-order valence-electron chi connectivity index (χ0n) is 13.9. The summed E-state index contributed by atoms with van der Waals surface area (Å²) in [6, 6.07) is 9.28. The predicted molar refractivity (Wildman–Crippen MR) is 92.8 cm³/mol. The van der Waals surface area contributed by atoms with Crippen molar-refractivity contribution in [1.29, 1.82) is 0 Å². The van der Waals surface area contributed by atoms with E-state index >= 15 is 0 Å². The van der Waals surface area contributed by atoms with E-state index in [1.54, 1.807) is 31.7 Å². The van der Waals surface area contributed by atoms with Gasteiger partial charge in [0.25, 0.3) is 5.91 Å². The number of ether oxygens (including phenoxy) is 1. The first kappa shape index (κ1) is 16.6. The maximum atomic E-state index is 12.1.